The number of nitrogens with one attached hydrogen (secondary N) is 1. The van der Waals surface area contributed by atoms with Crippen LogP contribution in [0.3, 0.4) is 0 Å². The molecule has 0 fully saturated rings. The minimum atomic E-state index is -3.96. The Morgan fingerprint density at radius 3 is 2.32 bits per heavy atom. The molecule has 0 atom stereocenters. The predicted octanol–water partition coefficient (Wildman–Crippen LogP) is 4.38. The van der Waals surface area contributed by atoms with Gasteiger partial charge in [-0.1, -0.05) is 43.1 Å². The van der Waals surface area contributed by atoms with E-state index in [2.05, 4.69) is 10.5 Å². The highest BCUT2D eigenvalue weighted by atomic mass is 35.5. The number of hydrogen-bond donors (Lipinski definition) is 1. The van der Waals surface area contributed by atoms with Crippen LogP contribution in [-0.4, -0.2) is 37.0 Å². The van der Waals surface area contributed by atoms with Crippen LogP contribution in [0, 0.1) is 10.1 Å². The van der Waals surface area contributed by atoms with Crippen LogP contribution in [-0.2, 0) is 10.0 Å². The molecular formula is C17H18Cl2N4O4S. The molecule has 11 heteroatoms. The van der Waals surface area contributed by atoms with Gasteiger partial charge in [0.1, 0.15) is 4.90 Å². The Bertz CT molecular complexity index is 988. The van der Waals surface area contributed by atoms with Gasteiger partial charge in [0.2, 0.25) is 10.0 Å². The van der Waals surface area contributed by atoms with Crippen molar-refractivity contribution in [2.75, 3.05) is 18.5 Å². The fraction of sp³-hybridized carbons (Fsp3) is 0.235. The molecule has 0 aliphatic heterocycles. The molecule has 8 nitrogen and oxygen atoms in total. The number of nitro groups is 1. The van der Waals surface area contributed by atoms with E-state index < -0.39 is 14.9 Å². The van der Waals surface area contributed by atoms with Crippen LogP contribution in [0.1, 0.15) is 19.4 Å². The molecular weight excluding hydrogens is 427 g/mol. The van der Waals surface area contributed by atoms with Crippen molar-refractivity contribution in [1.29, 1.82) is 0 Å². The second kappa shape index (κ2) is 9.33. The minimum absolute atomic E-state index is 0.0944. The average Bonchev–Trinajstić information content (AvgIpc) is 2.64. The van der Waals surface area contributed by atoms with Gasteiger partial charge in [0, 0.05) is 30.8 Å². The Morgan fingerprint density at radius 1 is 1.18 bits per heavy atom. The van der Waals surface area contributed by atoms with Crippen LogP contribution >= 0.6 is 23.2 Å². The fourth-order valence-electron chi connectivity index (χ4n) is 2.43. The van der Waals surface area contributed by atoms with Gasteiger partial charge in [-0.15, -0.1) is 0 Å². The van der Waals surface area contributed by atoms with E-state index in [-0.39, 0.29) is 29.4 Å². The number of anilines is 1. The summed E-state index contributed by atoms with van der Waals surface area (Å²) in [5.74, 6) is 0. The number of nitrogens with zero attached hydrogens (tertiary/aromatic N) is 3. The zero-order valence-electron chi connectivity index (χ0n) is 15.1. The highest BCUT2D eigenvalue weighted by Crippen LogP contribution is 2.29. The highest BCUT2D eigenvalue weighted by molar-refractivity contribution is 7.89. The number of hydrogen-bond acceptors (Lipinski definition) is 6. The molecule has 0 aliphatic rings. The summed E-state index contributed by atoms with van der Waals surface area (Å²) in [6.07, 6.45) is 1.35. The van der Waals surface area contributed by atoms with Crippen molar-refractivity contribution in [3.05, 3.63) is 62.1 Å². The highest BCUT2D eigenvalue weighted by Gasteiger charge is 2.27. The number of non-ortho nitro benzene ring substituents is 1. The first-order valence-corrected chi connectivity index (χ1v) is 10.4. The molecule has 0 saturated heterocycles. The summed E-state index contributed by atoms with van der Waals surface area (Å²) in [5, 5.41) is 15.8. The van der Waals surface area contributed by atoms with Gasteiger partial charge in [0.25, 0.3) is 5.69 Å². The Balaban J connectivity index is 2.47. The van der Waals surface area contributed by atoms with Crippen LogP contribution in [0.15, 0.2) is 46.4 Å². The van der Waals surface area contributed by atoms with Gasteiger partial charge in [-0.2, -0.15) is 9.41 Å². The first-order valence-electron chi connectivity index (χ1n) is 8.24. The molecule has 28 heavy (non-hydrogen) atoms. The lowest BCUT2D eigenvalue weighted by atomic mass is 10.2. The molecule has 2 aromatic carbocycles. The molecule has 0 amide bonds. The standard InChI is InChI=1S/C17H18Cl2N4O4S/c1-3-22(4-2)28(26,27)17-10-12(23(24)25)8-9-16(17)21-20-11-13-14(18)6-5-7-15(13)19/h5-11,21H,3-4H2,1-2H3/b20-11+. The predicted molar refractivity (Wildman–Crippen MR) is 111 cm³/mol. The second-order valence-corrected chi connectivity index (χ2v) is 8.25. The van der Waals surface area contributed by atoms with E-state index in [9.17, 15) is 18.5 Å². The van der Waals surface area contributed by atoms with Gasteiger partial charge >= 0.3 is 0 Å². The van der Waals surface area contributed by atoms with Crippen molar-refractivity contribution in [1.82, 2.24) is 4.31 Å². The van der Waals surface area contributed by atoms with Crippen molar-refractivity contribution in [2.45, 2.75) is 18.7 Å². The van der Waals surface area contributed by atoms with E-state index in [1.807, 2.05) is 0 Å². The molecule has 150 valence electrons. The molecule has 2 rings (SSSR count). The lowest BCUT2D eigenvalue weighted by Crippen LogP contribution is -2.31. The van der Waals surface area contributed by atoms with Gasteiger partial charge in [0.05, 0.1) is 26.9 Å². The third kappa shape index (κ3) is 4.79. The maximum absolute atomic E-state index is 12.9. The van der Waals surface area contributed by atoms with Crippen molar-refractivity contribution < 1.29 is 13.3 Å². The number of benzene rings is 2. The molecule has 0 unspecified atom stereocenters. The fourth-order valence-corrected chi connectivity index (χ4v) is 4.55. The molecule has 0 bridgehead atoms. The topological polar surface area (TPSA) is 105 Å². The van der Waals surface area contributed by atoms with E-state index in [1.54, 1.807) is 32.0 Å². The van der Waals surface area contributed by atoms with Crippen LogP contribution in [0.2, 0.25) is 10.0 Å². The summed E-state index contributed by atoms with van der Waals surface area (Å²) in [4.78, 5) is 10.2. The number of hydrazone groups is 1. The van der Waals surface area contributed by atoms with Gasteiger partial charge in [-0.05, 0) is 18.2 Å². The lowest BCUT2D eigenvalue weighted by molar-refractivity contribution is -0.385. The lowest BCUT2D eigenvalue weighted by Gasteiger charge is -2.20. The van der Waals surface area contributed by atoms with Crippen molar-refractivity contribution >= 4 is 50.8 Å². The number of sulfonamides is 1. The van der Waals surface area contributed by atoms with Crippen molar-refractivity contribution in [3.63, 3.8) is 0 Å². The molecule has 0 aliphatic carbocycles. The minimum Gasteiger partial charge on any atom is -0.277 e. The van der Waals surface area contributed by atoms with Gasteiger partial charge < -0.3 is 0 Å². The zero-order valence-corrected chi connectivity index (χ0v) is 17.4. The number of halogens is 2. The average molecular weight is 445 g/mol. The summed E-state index contributed by atoms with van der Waals surface area (Å²) in [7, 11) is -3.96. The van der Waals surface area contributed by atoms with Crippen LogP contribution < -0.4 is 5.43 Å². The Labute approximate surface area is 173 Å². The molecule has 0 radical (unpaired) electrons. The molecule has 0 aromatic heterocycles. The van der Waals surface area contributed by atoms with Gasteiger partial charge in [0.15, 0.2) is 0 Å². The summed E-state index contributed by atoms with van der Waals surface area (Å²) >= 11 is 12.1. The molecule has 0 saturated carbocycles. The van der Waals surface area contributed by atoms with E-state index in [4.69, 9.17) is 23.2 Å². The van der Waals surface area contributed by atoms with Crippen LogP contribution in [0.25, 0.3) is 0 Å². The number of rotatable bonds is 8. The number of nitro benzene ring substituents is 1. The third-order valence-corrected chi connectivity index (χ3v) is 6.63. The molecule has 0 spiro atoms. The SMILES string of the molecule is CCN(CC)S(=O)(=O)c1cc([N+](=O)[O-])ccc1N/N=C/c1c(Cl)cccc1Cl. The molecule has 0 heterocycles. The Morgan fingerprint density at radius 2 is 1.79 bits per heavy atom. The van der Waals surface area contributed by atoms with Gasteiger partial charge in [-0.3, -0.25) is 15.5 Å². The maximum Gasteiger partial charge on any atom is 0.270 e. The normalized spacial score (nSPS) is 11.9. The van der Waals surface area contributed by atoms with Crippen LogP contribution in [0.5, 0.6) is 0 Å². The summed E-state index contributed by atoms with van der Waals surface area (Å²) < 4.78 is 27.0. The van der Waals surface area contributed by atoms with E-state index in [0.717, 1.165) is 6.07 Å². The van der Waals surface area contributed by atoms with E-state index >= 15 is 0 Å². The summed E-state index contributed by atoms with van der Waals surface area (Å²) in [6.45, 7) is 3.81. The largest absolute Gasteiger partial charge is 0.277 e. The summed E-state index contributed by atoms with van der Waals surface area (Å²) in [5.41, 5.74) is 2.82. The monoisotopic (exact) mass is 444 g/mol. The molecule has 2 aromatic rings. The van der Waals surface area contributed by atoms with Crippen molar-refractivity contribution in [3.8, 4) is 0 Å². The first-order chi connectivity index (χ1) is 13.2. The molecule has 1 N–H and O–H groups in total. The quantitative estimate of drug-likeness (QED) is 0.369. The van der Waals surface area contributed by atoms with Crippen molar-refractivity contribution in [2.24, 2.45) is 5.10 Å². The van der Waals surface area contributed by atoms with E-state index in [1.165, 1.54) is 22.7 Å². The first kappa shape index (κ1) is 22.1. The van der Waals surface area contributed by atoms with E-state index in [0.29, 0.717) is 15.6 Å². The zero-order chi connectivity index (χ0) is 20.9. The van der Waals surface area contributed by atoms with Gasteiger partial charge in [-0.25, -0.2) is 8.42 Å². The maximum atomic E-state index is 12.9. The summed E-state index contributed by atoms with van der Waals surface area (Å²) in [6, 6.07) is 8.45. The smallest absolute Gasteiger partial charge is 0.270 e. The Hall–Kier alpha value is -2.20. The second-order valence-electron chi connectivity index (χ2n) is 5.53. The third-order valence-electron chi connectivity index (χ3n) is 3.88. The van der Waals surface area contributed by atoms with Crippen LogP contribution in [0.4, 0.5) is 11.4 Å². The Kier molecular flexibility index (Phi) is 7.36.